The highest BCUT2D eigenvalue weighted by Crippen LogP contribution is 2.57. The van der Waals surface area contributed by atoms with Gasteiger partial charge in [0.15, 0.2) is 19.3 Å². The molecule has 0 aliphatic heterocycles. The molecule has 0 aromatic carbocycles. The molecule has 2 rings (SSSR count). The van der Waals surface area contributed by atoms with Gasteiger partial charge in [0.1, 0.15) is 0 Å². The number of halogens is 12. The predicted octanol–water partition coefficient (Wildman–Crippen LogP) is 5.90. The number of rotatable bonds is 2. The Bertz CT molecular complexity index is 885. The minimum atomic E-state index is -6.92. The molecule has 0 fully saturated rings. The van der Waals surface area contributed by atoms with Crippen LogP contribution in [0.15, 0.2) is 47.6 Å². The summed E-state index contributed by atoms with van der Waals surface area (Å²) in [5, 5.41) is 0. The van der Waals surface area contributed by atoms with Crippen molar-refractivity contribution in [3.63, 3.8) is 0 Å². The first kappa shape index (κ1) is 25.3. The van der Waals surface area contributed by atoms with Crippen molar-refractivity contribution < 1.29 is 61.1 Å². The first-order valence-corrected chi connectivity index (χ1v) is 9.39. The Hall–Kier alpha value is -1.93. The Morgan fingerprint density at radius 2 is 0.903 bits per heavy atom. The molecule has 31 heavy (non-hydrogen) atoms. The zero-order valence-corrected chi connectivity index (χ0v) is 15.5. The van der Waals surface area contributed by atoms with Gasteiger partial charge in [0.2, 0.25) is 0 Å². The second-order valence-electron chi connectivity index (χ2n) is 6.73. The summed E-state index contributed by atoms with van der Waals surface area (Å²) in [6.45, 7) is 0. The molecule has 2 aliphatic carbocycles. The highest BCUT2D eigenvalue weighted by atomic mass is 32.2. The standard InChI is InChI=1S/C16H10F12O2S/c17-13(18,19)9-3-1-5-11(7-9,15(23,24)25)31(29,30)12(16(26,27)28)6-2-4-10(8-12)14(20,21)22/h1-6H,7-8H2. The van der Waals surface area contributed by atoms with Crippen LogP contribution in [0.1, 0.15) is 12.8 Å². The smallest absolute Gasteiger partial charge is 0.226 e. The highest BCUT2D eigenvalue weighted by Gasteiger charge is 2.75. The third-order valence-electron chi connectivity index (χ3n) is 4.88. The molecule has 2 atom stereocenters. The van der Waals surface area contributed by atoms with Gasteiger partial charge >= 0.3 is 24.7 Å². The van der Waals surface area contributed by atoms with Crippen molar-refractivity contribution in [1.29, 1.82) is 0 Å². The molecule has 0 aromatic heterocycles. The summed E-state index contributed by atoms with van der Waals surface area (Å²) in [5.74, 6) is 0. The first-order valence-electron chi connectivity index (χ1n) is 7.91. The van der Waals surface area contributed by atoms with Crippen molar-refractivity contribution in [2.75, 3.05) is 0 Å². The lowest BCUT2D eigenvalue weighted by atomic mass is 9.91. The van der Waals surface area contributed by atoms with E-state index in [0.717, 1.165) is 0 Å². The maximum atomic E-state index is 13.8. The molecule has 0 radical (unpaired) electrons. The van der Waals surface area contributed by atoms with Gasteiger partial charge in [-0.1, -0.05) is 36.5 Å². The number of alkyl halides is 12. The van der Waals surface area contributed by atoms with Crippen LogP contribution in [0, 0.1) is 0 Å². The fourth-order valence-corrected chi connectivity index (χ4v) is 5.68. The minimum Gasteiger partial charge on any atom is -0.226 e. The normalized spacial score (nSPS) is 28.4. The molecule has 15 heteroatoms. The van der Waals surface area contributed by atoms with Gasteiger partial charge in [-0.25, -0.2) is 8.42 Å². The van der Waals surface area contributed by atoms with E-state index < -0.39 is 80.2 Å². The van der Waals surface area contributed by atoms with Crippen molar-refractivity contribution >= 4 is 9.84 Å². The van der Waals surface area contributed by atoms with Crippen LogP contribution in [-0.4, -0.2) is 42.6 Å². The van der Waals surface area contributed by atoms with Crippen LogP contribution in [0.3, 0.4) is 0 Å². The Morgan fingerprint density at radius 3 is 1.13 bits per heavy atom. The van der Waals surface area contributed by atoms with E-state index in [-0.39, 0.29) is 24.3 Å². The van der Waals surface area contributed by atoms with E-state index in [9.17, 15) is 61.1 Å². The third-order valence-corrected chi connectivity index (χ3v) is 7.82. The molecule has 2 unspecified atom stereocenters. The van der Waals surface area contributed by atoms with E-state index >= 15 is 0 Å². The molecule has 0 bridgehead atoms. The highest BCUT2D eigenvalue weighted by molar-refractivity contribution is 7.94. The largest absolute Gasteiger partial charge is 0.412 e. The van der Waals surface area contributed by atoms with Crippen LogP contribution in [0.2, 0.25) is 0 Å². The lowest BCUT2D eigenvalue weighted by Crippen LogP contribution is -2.64. The molecule has 2 aliphatic rings. The Labute approximate surface area is 166 Å². The Morgan fingerprint density at radius 1 is 0.613 bits per heavy atom. The number of sulfone groups is 1. The van der Waals surface area contributed by atoms with Crippen LogP contribution < -0.4 is 0 Å². The second-order valence-corrected chi connectivity index (χ2v) is 9.19. The summed E-state index contributed by atoms with van der Waals surface area (Å²) in [6, 6.07) is 0. The van der Waals surface area contributed by atoms with Crippen molar-refractivity contribution in [2.45, 2.75) is 47.0 Å². The zero-order valence-electron chi connectivity index (χ0n) is 14.6. The molecule has 2 nitrogen and oxygen atoms in total. The summed E-state index contributed by atoms with van der Waals surface area (Å²) in [6.07, 6.45) is -29.3. The van der Waals surface area contributed by atoms with Crippen LogP contribution in [0.25, 0.3) is 0 Å². The van der Waals surface area contributed by atoms with Gasteiger partial charge in [-0.05, 0) is 0 Å². The molecule has 0 saturated heterocycles. The summed E-state index contributed by atoms with van der Waals surface area (Å²) in [4.78, 5) is 0. The zero-order chi connectivity index (χ0) is 24.3. The topological polar surface area (TPSA) is 34.1 Å². The lowest BCUT2D eigenvalue weighted by molar-refractivity contribution is -0.165. The van der Waals surface area contributed by atoms with E-state index in [1.54, 1.807) is 0 Å². The Kier molecular flexibility index (Phi) is 5.75. The molecule has 0 N–H and O–H groups in total. The molecular weight excluding hydrogens is 484 g/mol. The average Bonchev–Trinajstić information content (AvgIpc) is 2.58. The maximum Gasteiger partial charge on any atom is 0.412 e. The summed E-state index contributed by atoms with van der Waals surface area (Å²) in [7, 11) is -6.92. The van der Waals surface area contributed by atoms with Crippen LogP contribution in [-0.2, 0) is 9.84 Å². The molecule has 0 spiro atoms. The molecule has 0 saturated carbocycles. The van der Waals surface area contributed by atoms with E-state index in [0.29, 0.717) is 0 Å². The second kappa shape index (κ2) is 7.04. The molecule has 0 aromatic rings. The van der Waals surface area contributed by atoms with Crippen LogP contribution in [0.4, 0.5) is 52.7 Å². The first-order chi connectivity index (χ1) is 13.6. The third kappa shape index (κ3) is 3.89. The average molecular weight is 494 g/mol. The van der Waals surface area contributed by atoms with Crippen LogP contribution >= 0.6 is 0 Å². The molecule has 0 amide bonds. The quantitative estimate of drug-likeness (QED) is 0.448. The van der Waals surface area contributed by atoms with E-state index in [2.05, 4.69) is 0 Å². The van der Waals surface area contributed by atoms with Crippen molar-refractivity contribution in [3.8, 4) is 0 Å². The van der Waals surface area contributed by atoms with Gasteiger partial charge in [0.05, 0.1) is 0 Å². The van der Waals surface area contributed by atoms with Crippen molar-refractivity contribution in [1.82, 2.24) is 0 Å². The minimum absolute atomic E-state index is 0.0332. The van der Waals surface area contributed by atoms with Gasteiger partial charge in [0.25, 0.3) is 0 Å². The number of allylic oxidation sites excluding steroid dienone is 6. The van der Waals surface area contributed by atoms with Crippen LogP contribution in [0.5, 0.6) is 0 Å². The van der Waals surface area contributed by atoms with Gasteiger partial charge < -0.3 is 0 Å². The lowest BCUT2D eigenvalue weighted by Gasteiger charge is -2.44. The SMILES string of the molecule is O=S(=O)(C1(C(F)(F)F)C=CC=C(C(F)(F)F)C1)C1(C(F)(F)F)C=CC=C(C(F)(F)F)C1. The van der Waals surface area contributed by atoms with Crippen molar-refractivity contribution in [2.24, 2.45) is 0 Å². The van der Waals surface area contributed by atoms with E-state index in [1.807, 2.05) is 0 Å². The summed E-state index contributed by atoms with van der Waals surface area (Å²) < 4.78 is 177. The molecular formula is C16H10F12O2S. The molecule has 0 heterocycles. The van der Waals surface area contributed by atoms with E-state index in [1.165, 1.54) is 0 Å². The summed E-state index contributed by atoms with van der Waals surface area (Å²) in [5.41, 5.74) is -4.22. The summed E-state index contributed by atoms with van der Waals surface area (Å²) >= 11 is 0. The number of hydrogen-bond acceptors (Lipinski definition) is 2. The monoisotopic (exact) mass is 494 g/mol. The fraction of sp³-hybridized carbons (Fsp3) is 0.500. The van der Waals surface area contributed by atoms with Gasteiger partial charge in [-0.3, -0.25) is 0 Å². The van der Waals surface area contributed by atoms with Gasteiger partial charge in [0, 0.05) is 24.0 Å². The fourth-order valence-electron chi connectivity index (χ4n) is 3.22. The van der Waals surface area contributed by atoms with E-state index in [4.69, 9.17) is 0 Å². The Balaban J connectivity index is 2.83. The molecule has 176 valence electrons. The maximum absolute atomic E-state index is 13.8. The van der Waals surface area contributed by atoms with Gasteiger partial charge in [-0.2, -0.15) is 52.7 Å². The van der Waals surface area contributed by atoms with Crippen molar-refractivity contribution in [3.05, 3.63) is 47.6 Å². The van der Waals surface area contributed by atoms with Gasteiger partial charge in [-0.15, -0.1) is 0 Å². The number of hydrogen-bond donors (Lipinski definition) is 0. The predicted molar refractivity (Wildman–Crippen MR) is 82.3 cm³/mol.